The average molecular weight is 336 g/mol. The number of rotatable bonds is 5. The summed E-state index contributed by atoms with van der Waals surface area (Å²) in [6.07, 6.45) is 6.10. The summed E-state index contributed by atoms with van der Waals surface area (Å²) >= 11 is 0. The molecule has 2 fully saturated rings. The second kappa shape index (κ2) is 7.23. The quantitative estimate of drug-likeness (QED) is 0.912. The molecule has 2 aliphatic rings. The Balaban J connectivity index is 1.37. The molecular weight excluding hydrogens is 312 g/mol. The second-order valence-electron chi connectivity index (χ2n) is 6.97. The minimum absolute atomic E-state index is 0.103. The van der Waals surface area contributed by atoms with E-state index in [-0.39, 0.29) is 5.91 Å². The molecule has 0 radical (unpaired) electrons. The van der Waals surface area contributed by atoms with Crippen molar-refractivity contribution in [1.29, 1.82) is 0 Å². The van der Waals surface area contributed by atoms with E-state index in [1.807, 2.05) is 12.1 Å². The monoisotopic (exact) mass is 336 g/mol. The Bertz CT molecular complexity index is 721. The molecule has 0 atom stereocenters. The van der Waals surface area contributed by atoms with E-state index in [0.29, 0.717) is 5.56 Å². The molecule has 2 aromatic rings. The highest BCUT2D eigenvalue weighted by atomic mass is 16.1. The molecule has 1 saturated carbocycles. The fraction of sp³-hybridized carbons (Fsp3) is 0.400. The Morgan fingerprint density at radius 2 is 1.84 bits per heavy atom. The van der Waals surface area contributed by atoms with Crippen molar-refractivity contribution in [2.45, 2.75) is 12.8 Å². The molecule has 1 aromatic carbocycles. The summed E-state index contributed by atoms with van der Waals surface area (Å²) in [5.74, 6) is 0.854. The van der Waals surface area contributed by atoms with Crippen LogP contribution in [0.2, 0.25) is 0 Å². The van der Waals surface area contributed by atoms with Crippen molar-refractivity contribution in [1.82, 2.24) is 9.88 Å². The van der Waals surface area contributed by atoms with Gasteiger partial charge in [-0.15, -0.1) is 0 Å². The molecule has 25 heavy (non-hydrogen) atoms. The van der Waals surface area contributed by atoms with E-state index in [4.69, 9.17) is 0 Å². The van der Waals surface area contributed by atoms with Gasteiger partial charge in [-0.05, 0) is 49.1 Å². The van der Waals surface area contributed by atoms with Gasteiger partial charge in [0.1, 0.15) is 0 Å². The van der Waals surface area contributed by atoms with E-state index in [1.165, 1.54) is 25.1 Å². The maximum atomic E-state index is 12.3. The molecule has 1 saturated heterocycles. The second-order valence-corrected chi connectivity index (χ2v) is 6.97. The molecule has 0 unspecified atom stereocenters. The molecule has 2 heterocycles. The summed E-state index contributed by atoms with van der Waals surface area (Å²) in [6, 6.07) is 11.6. The van der Waals surface area contributed by atoms with Crippen LogP contribution >= 0.6 is 0 Å². The van der Waals surface area contributed by atoms with Crippen molar-refractivity contribution in [3.05, 3.63) is 54.4 Å². The van der Waals surface area contributed by atoms with E-state index < -0.39 is 0 Å². The minimum atomic E-state index is -0.103. The zero-order valence-corrected chi connectivity index (χ0v) is 14.4. The summed E-state index contributed by atoms with van der Waals surface area (Å²) in [6.45, 7) is 5.63. The standard InChI is InChI=1S/C20H24N4O/c25-20(17-6-8-21-9-7-17)22-18-2-1-3-19(14-18)24-12-10-23(11-13-24)15-16-4-5-16/h1-3,6-9,14,16H,4-5,10-13,15H2,(H,22,25). The highest BCUT2D eigenvalue weighted by Crippen LogP contribution is 2.30. The van der Waals surface area contributed by atoms with Gasteiger partial charge in [-0.2, -0.15) is 0 Å². The summed E-state index contributed by atoms with van der Waals surface area (Å²) in [5.41, 5.74) is 2.63. The highest BCUT2D eigenvalue weighted by molar-refractivity contribution is 6.04. The molecule has 1 aliphatic heterocycles. The Morgan fingerprint density at radius 1 is 1.08 bits per heavy atom. The van der Waals surface area contributed by atoms with E-state index in [2.05, 4.69) is 32.2 Å². The number of piperazine rings is 1. The Labute approximate surface area is 148 Å². The van der Waals surface area contributed by atoms with Gasteiger partial charge in [-0.1, -0.05) is 6.07 Å². The third-order valence-electron chi connectivity index (χ3n) is 5.00. The third kappa shape index (κ3) is 4.17. The van der Waals surface area contributed by atoms with E-state index >= 15 is 0 Å². The normalized spacial score (nSPS) is 18.2. The van der Waals surface area contributed by atoms with Gasteiger partial charge in [-0.3, -0.25) is 14.7 Å². The van der Waals surface area contributed by atoms with Gasteiger partial charge in [0, 0.05) is 62.1 Å². The molecule has 0 spiro atoms. The topological polar surface area (TPSA) is 48.5 Å². The lowest BCUT2D eigenvalue weighted by Crippen LogP contribution is -2.47. The first-order valence-electron chi connectivity index (χ1n) is 9.07. The molecule has 5 nitrogen and oxygen atoms in total. The number of hydrogen-bond donors (Lipinski definition) is 1. The molecule has 5 heteroatoms. The molecule has 1 N–H and O–H groups in total. The van der Waals surface area contributed by atoms with E-state index in [9.17, 15) is 4.79 Å². The number of anilines is 2. The van der Waals surface area contributed by atoms with Crippen LogP contribution in [0.15, 0.2) is 48.8 Å². The van der Waals surface area contributed by atoms with Crippen LogP contribution < -0.4 is 10.2 Å². The van der Waals surface area contributed by atoms with Crippen LogP contribution in [-0.2, 0) is 0 Å². The maximum Gasteiger partial charge on any atom is 0.255 e. The van der Waals surface area contributed by atoms with E-state index in [0.717, 1.165) is 37.8 Å². The van der Waals surface area contributed by atoms with Gasteiger partial charge in [-0.25, -0.2) is 0 Å². The molecule has 1 aliphatic carbocycles. The van der Waals surface area contributed by atoms with Crippen molar-refractivity contribution in [3.63, 3.8) is 0 Å². The first-order chi connectivity index (χ1) is 12.3. The number of carbonyl (C=O) groups excluding carboxylic acids is 1. The molecule has 1 aromatic heterocycles. The summed E-state index contributed by atoms with van der Waals surface area (Å²) in [5, 5.41) is 2.98. The smallest absolute Gasteiger partial charge is 0.255 e. The minimum Gasteiger partial charge on any atom is -0.369 e. The summed E-state index contributed by atoms with van der Waals surface area (Å²) < 4.78 is 0. The predicted molar refractivity (Wildman–Crippen MR) is 100 cm³/mol. The number of aromatic nitrogens is 1. The Morgan fingerprint density at radius 3 is 2.56 bits per heavy atom. The average Bonchev–Trinajstić information content (AvgIpc) is 3.47. The van der Waals surface area contributed by atoms with Gasteiger partial charge in [0.25, 0.3) is 5.91 Å². The van der Waals surface area contributed by atoms with Crippen molar-refractivity contribution >= 4 is 17.3 Å². The number of carbonyl (C=O) groups is 1. The van der Waals surface area contributed by atoms with Gasteiger partial charge in [0.05, 0.1) is 0 Å². The van der Waals surface area contributed by atoms with Crippen LogP contribution in [0.3, 0.4) is 0 Å². The maximum absolute atomic E-state index is 12.3. The van der Waals surface area contributed by atoms with Crippen molar-refractivity contribution in [3.8, 4) is 0 Å². The zero-order valence-electron chi connectivity index (χ0n) is 14.4. The molecular formula is C20H24N4O. The predicted octanol–water partition coefficient (Wildman–Crippen LogP) is 2.87. The number of hydrogen-bond acceptors (Lipinski definition) is 4. The number of nitrogens with one attached hydrogen (secondary N) is 1. The lowest BCUT2D eigenvalue weighted by atomic mass is 10.2. The van der Waals surface area contributed by atoms with Crippen LogP contribution in [0.4, 0.5) is 11.4 Å². The molecule has 1 amide bonds. The van der Waals surface area contributed by atoms with Crippen molar-refractivity contribution < 1.29 is 4.79 Å². The van der Waals surface area contributed by atoms with Gasteiger partial charge in [0.2, 0.25) is 0 Å². The van der Waals surface area contributed by atoms with E-state index in [1.54, 1.807) is 24.5 Å². The van der Waals surface area contributed by atoms with Gasteiger partial charge >= 0.3 is 0 Å². The molecule has 130 valence electrons. The third-order valence-corrected chi connectivity index (χ3v) is 5.00. The largest absolute Gasteiger partial charge is 0.369 e. The van der Waals surface area contributed by atoms with Crippen LogP contribution in [0.1, 0.15) is 23.2 Å². The highest BCUT2D eigenvalue weighted by Gasteiger charge is 2.26. The van der Waals surface area contributed by atoms with Gasteiger partial charge in [0.15, 0.2) is 0 Å². The summed E-state index contributed by atoms with van der Waals surface area (Å²) in [7, 11) is 0. The van der Waals surface area contributed by atoms with Crippen molar-refractivity contribution in [2.75, 3.05) is 42.9 Å². The first-order valence-corrected chi connectivity index (χ1v) is 9.07. The SMILES string of the molecule is O=C(Nc1cccc(N2CCN(CC3CC3)CC2)c1)c1ccncc1. The van der Waals surface area contributed by atoms with Crippen LogP contribution in [-0.4, -0.2) is 48.5 Å². The first kappa shape index (κ1) is 16.1. The fourth-order valence-electron chi connectivity index (χ4n) is 3.34. The summed E-state index contributed by atoms with van der Waals surface area (Å²) in [4.78, 5) is 21.2. The number of amides is 1. The Hall–Kier alpha value is -2.40. The van der Waals surface area contributed by atoms with Crippen molar-refractivity contribution in [2.24, 2.45) is 5.92 Å². The van der Waals surface area contributed by atoms with Crippen LogP contribution in [0.25, 0.3) is 0 Å². The lowest BCUT2D eigenvalue weighted by Gasteiger charge is -2.36. The number of benzene rings is 1. The molecule has 4 rings (SSSR count). The molecule has 0 bridgehead atoms. The lowest BCUT2D eigenvalue weighted by molar-refractivity contribution is 0.102. The Kier molecular flexibility index (Phi) is 4.65. The van der Waals surface area contributed by atoms with Gasteiger partial charge < -0.3 is 10.2 Å². The number of pyridine rings is 1. The number of nitrogens with zero attached hydrogens (tertiary/aromatic N) is 3. The zero-order chi connectivity index (χ0) is 17.1. The van der Waals surface area contributed by atoms with Crippen LogP contribution in [0.5, 0.6) is 0 Å². The fourth-order valence-corrected chi connectivity index (χ4v) is 3.34. The van der Waals surface area contributed by atoms with Crippen LogP contribution in [0, 0.1) is 5.92 Å².